The summed E-state index contributed by atoms with van der Waals surface area (Å²) in [5, 5.41) is 0. The zero-order valence-corrected chi connectivity index (χ0v) is 8.63. The number of nitrogens with zero attached hydrogens (tertiary/aromatic N) is 1. The Hall–Kier alpha value is -0.180. The van der Waals surface area contributed by atoms with Crippen molar-refractivity contribution in [2.24, 2.45) is 11.8 Å². The molecule has 0 amide bonds. The topological polar surface area (TPSA) is 3.24 Å². The van der Waals surface area contributed by atoms with E-state index in [1.54, 1.807) is 0 Å². The van der Waals surface area contributed by atoms with Crippen LogP contribution in [0.5, 0.6) is 0 Å². The summed E-state index contributed by atoms with van der Waals surface area (Å²) in [7, 11) is 0. The fourth-order valence-corrected chi connectivity index (χ4v) is 2.25. The van der Waals surface area contributed by atoms with Gasteiger partial charge in [0.05, 0.1) is 6.54 Å². The molecule has 0 spiro atoms. The van der Waals surface area contributed by atoms with Crippen molar-refractivity contribution in [3.8, 4) is 0 Å². The van der Waals surface area contributed by atoms with Gasteiger partial charge in [0.15, 0.2) is 0 Å². The van der Waals surface area contributed by atoms with Crippen LogP contribution in [0.1, 0.15) is 27.2 Å². The second-order valence-electron chi connectivity index (χ2n) is 4.40. The molecule has 3 heteroatoms. The summed E-state index contributed by atoms with van der Waals surface area (Å²) in [6.07, 6.45) is -1.03. The van der Waals surface area contributed by atoms with Gasteiger partial charge in [-0.05, 0) is 25.2 Å². The van der Waals surface area contributed by atoms with E-state index in [-0.39, 0.29) is 6.54 Å². The summed E-state index contributed by atoms with van der Waals surface area (Å²) < 4.78 is 24.4. The second kappa shape index (κ2) is 4.36. The number of likely N-dealkylation sites (tertiary alicyclic amines) is 1. The van der Waals surface area contributed by atoms with E-state index in [4.69, 9.17) is 0 Å². The molecule has 1 aliphatic rings. The molecule has 1 heterocycles. The summed E-state index contributed by atoms with van der Waals surface area (Å²) in [4.78, 5) is 1.92. The van der Waals surface area contributed by atoms with Crippen LogP contribution in [0, 0.1) is 11.8 Å². The van der Waals surface area contributed by atoms with Crippen LogP contribution in [-0.4, -0.2) is 30.5 Å². The van der Waals surface area contributed by atoms with Gasteiger partial charge in [0.25, 0.3) is 6.43 Å². The summed E-state index contributed by atoms with van der Waals surface area (Å²) in [6.45, 7) is 7.12. The van der Waals surface area contributed by atoms with Crippen molar-refractivity contribution in [1.82, 2.24) is 4.90 Å². The molecule has 0 saturated carbocycles. The molecule has 78 valence electrons. The molecule has 1 fully saturated rings. The molecule has 0 aromatic carbocycles. The molecule has 3 atom stereocenters. The fourth-order valence-electron chi connectivity index (χ4n) is 2.25. The molecule has 1 saturated heterocycles. The number of hydrogen-bond acceptors (Lipinski definition) is 1. The first-order valence-corrected chi connectivity index (χ1v) is 5.03. The zero-order valence-electron chi connectivity index (χ0n) is 8.63. The van der Waals surface area contributed by atoms with Crippen LogP contribution < -0.4 is 0 Å². The van der Waals surface area contributed by atoms with Crippen LogP contribution in [0.3, 0.4) is 0 Å². The van der Waals surface area contributed by atoms with E-state index in [0.29, 0.717) is 17.9 Å². The fraction of sp³-hybridized carbons (Fsp3) is 1.00. The van der Waals surface area contributed by atoms with Crippen molar-refractivity contribution in [1.29, 1.82) is 0 Å². The molecule has 0 aliphatic carbocycles. The molecule has 3 unspecified atom stereocenters. The lowest BCUT2D eigenvalue weighted by molar-refractivity contribution is 0.0191. The summed E-state index contributed by atoms with van der Waals surface area (Å²) in [6, 6.07) is 0.310. The van der Waals surface area contributed by atoms with Gasteiger partial charge in [-0.3, -0.25) is 4.90 Å². The minimum absolute atomic E-state index is 0.0597. The zero-order chi connectivity index (χ0) is 10.0. The average molecular weight is 191 g/mol. The van der Waals surface area contributed by atoms with Crippen LogP contribution >= 0.6 is 0 Å². The maximum absolute atomic E-state index is 12.2. The maximum Gasteiger partial charge on any atom is 0.251 e. The van der Waals surface area contributed by atoms with E-state index in [1.165, 1.54) is 6.42 Å². The predicted molar refractivity (Wildman–Crippen MR) is 50.0 cm³/mol. The molecule has 0 aromatic rings. The highest BCUT2D eigenvalue weighted by molar-refractivity contribution is 4.82. The van der Waals surface area contributed by atoms with Crippen molar-refractivity contribution < 1.29 is 8.78 Å². The highest BCUT2D eigenvalue weighted by Crippen LogP contribution is 2.27. The van der Waals surface area contributed by atoms with Crippen LogP contribution in [0.25, 0.3) is 0 Å². The molecular formula is C10H19F2N. The molecule has 0 bridgehead atoms. The number of rotatable bonds is 2. The molecule has 1 rings (SSSR count). The summed E-state index contributed by atoms with van der Waals surface area (Å²) >= 11 is 0. The Morgan fingerprint density at radius 2 is 1.92 bits per heavy atom. The summed E-state index contributed by atoms with van der Waals surface area (Å²) in [5.74, 6) is 1.10. The average Bonchev–Trinajstić information content (AvgIpc) is 1.98. The smallest absolute Gasteiger partial charge is 0.251 e. The maximum atomic E-state index is 12.2. The first-order valence-electron chi connectivity index (χ1n) is 5.03. The third-order valence-corrected chi connectivity index (χ3v) is 3.09. The SMILES string of the molecule is CC1CC(C)C(C)N(CC(F)F)C1. The molecule has 1 nitrogen and oxygen atoms in total. The normalized spacial score (nSPS) is 36.9. The van der Waals surface area contributed by atoms with Crippen LogP contribution in [0.2, 0.25) is 0 Å². The van der Waals surface area contributed by atoms with E-state index in [0.717, 1.165) is 6.54 Å². The van der Waals surface area contributed by atoms with Gasteiger partial charge in [-0.2, -0.15) is 0 Å². The van der Waals surface area contributed by atoms with Gasteiger partial charge in [0.1, 0.15) is 0 Å². The van der Waals surface area contributed by atoms with Gasteiger partial charge in [0, 0.05) is 12.6 Å². The molecule has 0 aromatic heterocycles. The first-order chi connectivity index (χ1) is 6.00. The van der Waals surface area contributed by atoms with Crippen molar-refractivity contribution in [3.63, 3.8) is 0 Å². The number of alkyl halides is 2. The number of hydrogen-bond donors (Lipinski definition) is 0. The lowest BCUT2D eigenvalue weighted by Crippen LogP contribution is -2.47. The lowest BCUT2D eigenvalue weighted by Gasteiger charge is -2.40. The van der Waals surface area contributed by atoms with Crippen molar-refractivity contribution in [2.75, 3.05) is 13.1 Å². The van der Waals surface area contributed by atoms with Crippen molar-refractivity contribution in [2.45, 2.75) is 39.7 Å². The highest BCUT2D eigenvalue weighted by Gasteiger charge is 2.29. The molecule has 0 radical (unpaired) electrons. The van der Waals surface area contributed by atoms with Gasteiger partial charge in [-0.1, -0.05) is 13.8 Å². The molecule has 13 heavy (non-hydrogen) atoms. The Balaban J connectivity index is 2.50. The quantitative estimate of drug-likeness (QED) is 0.648. The molecule has 0 N–H and O–H groups in total. The third kappa shape index (κ3) is 2.90. The largest absolute Gasteiger partial charge is 0.295 e. The monoisotopic (exact) mass is 191 g/mol. The Morgan fingerprint density at radius 1 is 1.31 bits per heavy atom. The van der Waals surface area contributed by atoms with Crippen molar-refractivity contribution in [3.05, 3.63) is 0 Å². The molecule has 1 aliphatic heterocycles. The minimum atomic E-state index is -2.19. The first kappa shape index (κ1) is 10.9. The second-order valence-corrected chi connectivity index (χ2v) is 4.40. The minimum Gasteiger partial charge on any atom is -0.295 e. The van der Waals surface area contributed by atoms with E-state index in [2.05, 4.69) is 20.8 Å². The van der Waals surface area contributed by atoms with Crippen LogP contribution in [0.4, 0.5) is 8.78 Å². The van der Waals surface area contributed by atoms with E-state index in [1.807, 2.05) is 4.90 Å². The van der Waals surface area contributed by atoms with E-state index < -0.39 is 6.43 Å². The molecular weight excluding hydrogens is 172 g/mol. The Morgan fingerprint density at radius 3 is 2.46 bits per heavy atom. The highest BCUT2D eigenvalue weighted by atomic mass is 19.3. The van der Waals surface area contributed by atoms with Gasteiger partial charge in [-0.25, -0.2) is 8.78 Å². The number of halogens is 2. The van der Waals surface area contributed by atoms with E-state index in [9.17, 15) is 8.78 Å². The van der Waals surface area contributed by atoms with E-state index >= 15 is 0 Å². The predicted octanol–water partition coefficient (Wildman–Crippen LogP) is 2.62. The Kier molecular flexibility index (Phi) is 3.65. The van der Waals surface area contributed by atoms with Crippen molar-refractivity contribution >= 4 is 0 Å². The number of piperidine rings is 1. The van der Waals surface area contributed by atoms with Gasteiger partial charge >= 0.3 is 0 Å². The van der Waals surface area contributed by atoms with Gasteiger partial charge < -0.3 is 0 Å². The third-order valence-electron chi connectivity index (χ3n) is 3.09. The van der Waals surface area contributed by atoms with Gasteiger partial charge in [0.2, 0.25) is 0 Å². The van der Waals surface area contributed by atoms with Crippen LogP contribution in [0.15, 0.2) is 0 Å². The van der Waals surface area contributed by atoms with Gasteiger partial charge in [-0.15, -0.1) is 0 Å². The van der Waals surface area contributed by atoms with Crippen LogP contribution in [-0.2, 0) is 0 Å². The standard InChI is InChI=1S/C10H19F2N/c1-7-4-8(2)9(3)13(5-7)6-10(11)12/h7-10H,4-6H2,1-3H3. The summed E-state index contributed by atoms with van der Waals surface area (Å²) in [5.41, 5.74) is 0. The lowest BCUT2D eigenvalue weighted by atomic mass is 9.86. The Labute approximate surface area is 79.1 Å². The Bertz CT molecular complexity index is 159.